The molecule has 1 N–H and O–H groups in total. The van der Waals surface area contributed by atoms with Gasteiger partial charge in [0.05, 0.1) is 6.04 Å². The average Bonchev–Trinajstić information content (AvgIpc) is 2.95. The minimum absolute atomic E-state index is 0.209. The lowest BCUT2D eigenvalue weighted by Gasteiger charge is -2.20. The summed E-state index contributed by atoms with van der Waals surface area (Å²) in [6, 6.07) is 10.8. The van der Waals surface area contributed by atoms with Gasteiger partial charge in [-0.25, -0.2) is 9.67 Å². The van der Waals surface area contributed by atoms with Gasteiger partial charge < -0.3 is 5.32 Å². The summed E-state index contributed by atoms with van der Waals surface area (Å²) in [6.07, 6.45) is 2.92. The molecule has 1 aromatic heterocycles. The number of aryl methyl sites for hydroxylation is 2. The Bertz CT molecular complexity index is 533. The Morgan fingerprint density at radius 1 is 1.10 bits per heavy atom. The zero-order valence-corrected chi connectivity index (χ0v) is 13.3. The van der Waals surface area contributed by atoms with Gasteiger partial charge in [-0.1, -0.05) is 51.1 Å². The number of nitrogens with one attached hydrogen (secondary N) is 1. The third-order valence-corrected chi connectivity index (χ3v) is 3.62. The highest BCUT2D eigenvalue weighted by atomic mass is 15.4. The van der Waals surface area contributed by atoms with Crippen LogP contribution in [0.2, 0.25) is 0 Å². The van der Waals surface area contributed by atoms with Gasteiger partial charge in [-0.15, -0.1) is 0 Å². The molecule has 0 saturated heterocycles. The maximum absolute atomic E-state index is 4.72. The first-order valence-electron chi connectivity index (χ1n) is 8.00. The Hall–Kier alpha value is -1.68. The largest absolute Gasteiger partial charge is 0.314 e. The molecule has 1 atom stereocenters. The summed E-state index contributed by atoms with van der Waals surface area (Å²) in [5.41, 5.74) is 1.28. The molecule has 4 heteroatoms. The second-order valence-electron chi connectivity index (χ2n) is 5.23. The molecule has 114 valence electrons. The SMILES string of the molecule is CCCNCC(c1ccccc1)n1nc(CC)nc1CC. The van der Waals surface area contributed by atoms with Crippen LogP contribution in [-0.2, 0) is 12.8 Å². The molecule has 21 heavy (non-hydrogen) atoms. The first-order chi connectivity index (χ1) is 10.3. The Morgan fingerprint density at radius 3 is 2.48 bits per heavy atom. The molecule has 4 nitrogen and oxygen atoms in total. The summed E-state index contributed by atoms with van der Waals surface area (Å²) < 4.78 is 2.11. The molecule has 1 unspecified atom stereocenters. The molecule has 1 aromatic carbocycles. The van der Waals surface area contributed by atoms with E-state index in [4.69, 9.17) is 5.10 Å². The maximum atomic E-state index is 4.72. The summed E-state index contributed by atoms with van der Waals surface area (Å²) in [5.74, 6) is 2.00. The molecule has 0 saturated carbocycles. The first kappa shape index (κ1) is 15.7. The fourth-order valence-corrected chi connectivity index (χ4v) is 2.48. The molecule has 0 fully saturated rings. The van der Waals surface area contributed by atoms with Crippen molar-refractivity contribution in [2.24, 2.45) is 0 Å². The van der Waals surface area contributed by atoms with E-state index < -0.39 is 0 Å². The highest BCUT2D eigenvalue weighted by molar-refractivity contribution is 5.20. The van der Waals surface area contributed by atoms with E-state index in [2.05, 4.69) is 66.1 Å². The fourth-order valence-electron chi connectivity index (χ4n) is 2.48. The molecule has 0 amide bonds. The summed E-state index contributed by atoms with van der Waals surface area (Å²) in [6.45, 7) is 8.34. The van der Waals surface area contributed by atoms with Crippen molar-refractivity contribution in [3.05, 3.63) is 47.5 Å². The van der Waals surface area contributed by atoms with Crippen LogP contribution in [0.3, 0.4) is 0 Å². The molecule has 2 rings (SSSR count). The van der Waals surface area contributed by atoms with Gasteiger partial charge in [-0.3, -0.25) is 0 Å². The Labute approximate surface area is 127 Å². The molecule has 0 aliphatic rings. The third kappa shape index (κ3) is 3.91. The summed E-state index contributed by atoms with van der Waals surface area (Å²) in [7, 11) is 0. The highest BCUT2D eigenvalue weighted by Gasteiger charge is 2.18. The Balaban J connectivity index is 2.32. The molecule has 0 bridgehead atoms. The summed E-state index contributed by atoms with van der Waals surface area (Å²) >= 11 is 0. The van der Waals surface area contributed by atoms with Gasteiger partial charge in [0.2, 0.25) is 0 Å². The van der Waals surface area contributed by atoms with Crippen LogP contribution in [0.1, 0.15) is 50.4 Å². The molecule has 1 heterocycles. The number of nitrogens with zero attached hydrogens (tertiary/aromatic N) is 3. The van der Waals surface area contributed by atoms with Crippen LogP contribution >= 0.6 is 0 Å². The van der Waals surface area contributed by atoms with Crippen LogP contribution in [0.15, 0.2) is 30.3 Å². The molecule has 2 aromatic rings. The number of hydrogen-bond donors (Lipinski definition) is 1. The monoisotopic (exact) mass is 286 g/mol. The van der Waals surface area contributed by atoms with Crippen molar-refractivity contribution in [3.63, 3.8) is 0 Å². The van der Waals surface area contributed by atoms with E-state index in [9.17, 15) is 0 Å². The van der Waals surface area contributed by atoms with E-state index in [0.717, 1.165) is 44.0 Å². The van der Waals surface area contributed by atoms with Crippen LogP contribution in [0.5, 0.6) is 0 Å². The van der Waals surface area contributed by atoms with Crippen LogP contribution in [0.4, 0.5) is 0 Å². The smallest absolute Gasteiger partial charge is 0.150 e. The van der Waals surface area contributed by atoms with Crippen molar-refractivity contribution in [1.29, 1.82) is 0 Å². The quantitative estimate of drug-likeness (QED) is 0.759. The predicted octanol–water partition coefficient (Wildman–Crippen LogP) is 2.99. The zero-order valence-electron chi connectivity index (χ0n) is 13.3. The Morgan fingerprint density at radius 2 is 1.86 bits per heavy atom. The first-order valence-corrected chi connectivity index (χ1v) is 8.00. The minimum Gasteiger partial charge on any atom is -0.314 e. The van der Waals surface area contributed by atoms with Crippen molar-refractivity contribution in [1.82, 2.24) is 20.1 Å². The predicted molar refractivity (Wildman–Crippen MR) is 86.5 cm³/mol. The number of rotatable bonds is 8. The number of hydrogen-bond acceptors (Lipinski definition) is 3. The van der Waals surface area contributed by atoms with E-state index in [1.54, 1.807) is 0 Å². The van der Waals surface area contributed by atoms with Gasteiger partial charge in [0.1, 0.15) is 5.82 Å². The normalized spacial score (nSPS) is 12.5. The van der Waals surface area contributed by atoms with Crippen LogP contribution in [0.25, 0.3) is 0 Å². The minimum atomic E-state index is 0.209. The molecule has 0 aliphatic carbocycles. The summed E-state index contributed by atoms with van der Waals surface area (Å²) in [4.78, 5) is 4.65. The second kappa shape index (κ2) is 7.93. The van der Waals surface area contributed by atoms with E-state index in [1.807, 2.05) is 0 Å². The topological polar surface area (TPSA) is 42.7 Å². The fraction of sp³-hybridized carbons (Fsp3) is 0.529. The van der Waals surface area contributed by atoms with Gasteiger partial charge >= 0.3 is 0 Å². The lowest BCUT2D eigenvalue weighted by molar-refractivity contribution is 0.462. The maximum Gasteiger partial charge on any atom is 0.150 e. The van der Waals surface area contributed by atoms with E-state index in [1.165, 1.54) is 5.56 Å². The van der Waals surface area contributed by atoms with Crippen LogP contribution < -0.4 is 5.32 Å². The number of benzene rings is 1. The summed E-state index contributed by atoms with van der Waals surface area (Å²) in [5, 5.41) is 8.24. The lowest BCUT2D eigenvalue weighted by Crippen LogP contribution is -2.28. The van der Waals surface area contributed by atoms with Crippen LogP contribution in [0, 0.1) is 0 Å². The van der Waals surface area contributed by atoms with E-state index in [0.29, 0.717) is 0 Å². The molecule has 0 radical (unpaired) electrons. The highest BCUT2D eigenvalue weighted by Crippen LogP contribution is 2.19. The molecule has 0 spiro atoms. The standard InChI is InChI=1S/C17H26N4/c1-4-12-18-13-15(14-10-8-7-9-11-14)21-17(6-3)19-16(5-2)20-21/h7-11,15,18H,4-6,12-13H2,1-3H3. The van der Waals surface area contributed by atoms with Gasteiger partial charge in [0.25, 0.3) is 0 Å². The third-order valence-electron chi connectivity index (χ3n) is 3.62. The lowest BCUT2D eigenvalue weighted by atomic mass is 10.1. The van der Waals surface area contributed by atoms with Gasteiger partial charge in [0.15, 0.2) is 5.82 Å². The van der Waals surface area contributed by atoms with Crippen molar-refractivity contribution >= 4 is 0 Å². The van der Waals surface area contributed by atoms with Gasteiger partial charge in [-0.2, -0.15) is 5.10 Å². The second-order valence-corrected chi connectivity index (χ2v) is 5.23. The molecular weight excluding hydrogens is 260 g/mol. The van der Waals surface area contributed by atoms with E-state index >= 15 is 0 Å². The molecular formula is C17H26N4. The van der Waals surface area contributed by atoms with Crippen molar-refractivity contribution in [3.8, 4) is 0 Å². The molecule has 0 aliphatic heterocycles. The van der Waals surface area contributed by atoms with Gasteiger partial charge in [-0.05, 0) is 18.5 Å². The number of aromatic nitrogens is 3. The van der Waals surface area contributed by atoms with Crippen molar-refractivity contribution in [2.75, 3.05) is 13.1 Å². The van der Waals surface area contributed by atoms with Crippen molar-refractivity contribution in [2.45, 2.75) is 46.1 Å². The van der Waals surface area contributed by atoms with E-state index in [-0.39, 0.29) is 6.04 Å². The van der Waals surface area contributed by atoms with Gasteiger partial charge in [0, 0.05) is 19.4 Å². The zero-order chi connectivity index (χ0) is 15.1. The Kier molecular flexibility index (Phi) is 5.93. The average molecular weight is 286 g/mol. The van der Waals surface area contributed by atoms with Crippen molar-refractivity contribution < 1.29 is 0 Å². The van der Waals surface area contributed by atoms with Crippen LogP contribution in [-0.4, -0.2) is 27.9 Å².